The number of rotatable bonds is 7. The second-order valence-electron chi connectivity index (χ2n) is 4.91. The highest BCUT2D eigenvalue weighted by atomic mass is 79.9. The van der Waals surface area contributed by atoms with E-state index in [0.29, 0.717) is 19.1 Å². The number of nitrogens with zero attached hydrogens (tertiary/aromatic N) is 1. The van der Waals surface area contributed by atoms with Crippen molar-refractivity contribution in [1.29, 1.82) is 0 Å². The van der Waals surface area contributed by atoms with Crippen molar-refractivity contribution >= 4 is 21.7 Å². The summed E-state index contributed by atoms with van der Waals surface area (Å²) in [5.74, 6) is 0.0769. The molecule has 0 bridgehead atoms. The number of carbonyl (C=O) groups excluding carboxylic acids is 1. The Morgan fingerprint density at radius 1 is 1.53 bits per heavy atom. The van der Waals surface area contributed by atoms with Gasteiger partial charge in [0.05, 0.1) is 12.6 Å². The monoisotopic (exact) mass is 330 g/mol. The predicted molar refractivity (Wildman–Crippen MR) is 80.8 cm³/mol. The van der Waals surface area contributed by atoms with Crippen molar-refractivity contribution in [1.82, 2.24) is 10.4 Å². The van der Waals surface area contributed by atoms with Crippen LogP contribution in [0.5, 0.6) is 0 Å². The number of hydrogen-bond acceptors (Lipinski definition) is 4. The maximum atomic E-state index is 11.7. The van der Waals surface area contributed by atoms with Gasteiger partial charge in [0.2, 0.25) is 0 Å². The van der Waals surface area contributed by atoms with Crippen LogP contribution in [0.1, 0.15) is 33.1 Å². The zero-order valence-corrected chi connectivity index (χ0v) is 13.5. The number of ketones is 1. The van der Waals surface area contributed by atoms with Crippen LogP contribution in [0.3, 0.4) is 0 Å². The SMILES string of the molecule is C=C(Br)C/C(C(C)=O)=C(/C)NN1CCC[C@H]1COC. The summed E-state index contributed by atoms with van der Waals surface area (Å²) in [7, 11) is 1.72. The summed E-state index contributed by atoms with van der Waals surface area (Å²) in [6, 6.07) is 0.375. The van der Waals surface area contributed by atoms with Crippen LogP contribution in [0.2, 0.25) is 0 Å². The van der Waals surface area contributed by atoms with Gasteiger partial charge in [0.15, 0.2) is 5.78 Å². The molecule has 0 amide bonds. The molecule has 0 unspecified atom stereocenters. The molecule has 1 fully saturated rings. The van der Waals surface area contributed by atoms with Gasteiger partial charge in [-0.15, -0.1) is 0 Å². The first-order chi connectivity index (χ1) is 8.95. The molecule has 0 saturated carbocycles. The lowest BCUT2D eigenvalue weighted by molar-refractivity contribution is -0.113. The van der Waals surface area contributed by atoms with Crippen molar-refractivity contribution in [2.24, 2.45) is 0 Å². The molecule has 1 heterocycles. The molecule has 108 valence electrons. The van der Waals surface area contributed by atoms with Gasteiger partial charge in [-0.2, -0.15) is 0 Å². The minimum absolute atomic E-state index is 0.0769. The lowest BCUT2D eigenvalue weighted by atomic mass is 10.1. The van der Waals surface area contributed by atoms with Crippen molar-refractivity contribution in [3.05, 3.63) is 22.3 Å². The quantitative estimate of drug-likeness (QED) is 0.729. The summed E-state index contributed by atoms with van der Waals surface area (Å²) in [4.78, 5) is 11.7. The van der Waals surface area contributed by atoms with E-state index in [-0.39, 0.29) is 5.78 Å². The summed E-state index contributed by atoms with van der Waals surface area (Å²) in [5, 5.41) is 2.17. The molecule has 0 aromatic carbocycles. The fraction of sp³-hybridized carbons (Fsp3) is 0.643. The molecule has 5 heteroatoms. The van der Waals surface area contributed by atoms with E-state index in [1.165, 1.54) is 0 Å². The third-order valence-electron chi connectivity index (χ3n) is 3.29. The van der Waals surface area contributed by atoms with E-state index in [1.54, 1.807) is 14.0 Å². The van der Waals surface area contributed by atoms with Crippen LogP contribution in [0.4, 0.5) is 0 Å². The fourth-order valence-corrected chi connectivity index (χ4v) is 2.62. The number of halogens is 1. The number of Topliss-reactive ketones (excluding diaryl/α,β-unsaturated/α-hetero) is 1. The van der Waals surface area contributed by atoms with Crippen molar-refractivity contribution < 1.29 is 9.53 Å². The molecule has 1 aliphatic rings. The number of methoxy groups -OCH3 is 1. The molecule has 19 heavy (non-hydrogen) atoms. The van der Waals surface area contributed by atoms with Gasteiger partial charge in [0, 0.05) is 31.3 Å². The maximum absolute atomic E-state index is 11.7. The highest BCUT2D eigenvalue weighted by Gasteiger charge is 2.25. The summed E-state index contributed by atoms with van der Waals surface area (Å²) in [6.45, 7) is 9.02. The van der Waals surface area contributed by atoms with Gasteiger partial charge in [-0.25, -0.2) is 5.01 Å². The van der Waals surface area contributed by atoms with Gasteiger partial charge in [-0.1, -0.05) is 22.5 Å². The molecule has 1 atom stereocenters. The Morgan fingerprint density at radius 2 is 2.21 bits per heavy atom. The van der Waals surface area contributed by atoms with Gasteiger partial charge >= 0.3 is 0 Å². The third-order valence-corrected chi connectivity index (χ3v) is 3.57. The Bertz CT molecular complexity index is 380. The Morgan fingerprint density at radius 3 is 2.74 bits per heavy atom. The number of ether oxygens (including phenoxy) is 1. The van der Waals surface area contributed by atoms with Crippen LogP contribution >= 0.6 is 15.9 Å². The topological polar surface area (TPSA) is 41.6 Å². The number of hydrazine groups is 1. The van der Waals surface area contributed by atoms with Gasteiger partial charge in [0.25, 0.3) is 0 Å². The van der Waals surface area contributed by atoms with Gasteiger partial charge in [0.1, 0.15) is 0 Å². The zero-order valence-electron chi connectivity index (χ0n) is 12.0. The molecule has 0 aromatic heterocycles. The Balaban J connectivity index is 2.76. The minimum atomic E-state index is 0.0769. The van der Waals surface area contributed by atoms with Crippen LogP contribution in [0.15, 0.2) is 22.3 Å². The molecule has 1 N–H and O–H groups in total. The van der Waals surface area contributed by atoms with Crippen LogP contribution < -0.4 is 5.43 Å². The highest BCUT2D eigenvalue weighted by molar-refractivity contribution is 9.11. The van der Waals surface area contributed by atoms with Gasteiger partial charge in [-0.05, 0) is 31.2 Å². The lowest BCUT2D eigenvalue weighted by Crippen LogP contribution is -2.43. The van der Waals surface area contributed by atoms with Crippen molar-refractivity contribution in [3.8, 4) is 0 Å². The largest absolute Gasteiger partial charge is 0.383 e. The van der Waals surface area contributed by atoms with Gasteiger partial charge < -0.3 is 10.2 Å². The van der Waals surface area contributed by atoms with E-state index in [4.69, 9.17) is 4.74 Å². The maximum Gasteiger partial charge on any atom is 0.157 e. The molecule has 0 radical (unpaired) electrons. The summed E-state index contributed by atoms with van der Waals surface area (Å²) < 4.78 is 6.04. The Kier molecular flexibility index (Phi) is 6.75. The zero-order chi connectivity index (χ0) is 14.4. The van der Waals surface area contributed by atoms with E-state index in [2.05, 4.69) is 32.9 Å². The molecule has 4 nitrogen and oxygen atoms in total. The predicted octanol–water partition coefficient (Wildman–Crippen LogP) is 2.76. The van der Waals surface area contributed by atoms with Crippen LogP contribution in [-0.2, 0) is 9.53 Å². The van der Waals surface area contributed by atoms with Gasteiger partial charge in [-0.3, -0.25) is 4.79 Å². The van der Waals surface area contributed by atoms with Crippen molar-refractivity contribution in [3.63, 3.8) is 0 Å². The summed E-state index contributed by atoms with van der Waals surface area (Å²) in [6.07, 6.45) is 2.82. The Labute approximate surface area is 124 Å². The third kappa shape index (κ3) is 5.09. The second-order valence-corrected chi connectivity index (χ2v) is 6.03. The van der Waals surface area contributed by atoms with Crippen LogP contribution in [-0.4, -0.2) is 37.1 Å². The van der Waals surface area contributed by atoms with Crippen molar-refractivity contribution in [2.45, 2.75) is 39.2 Å². The molecule has 1 aliphatic heterocycles. The normalized spacial score (nSPS) is 21.2. The molecule has 1 saturated heterocycles. The first-order valence-corrected chi connectivity index (χ1v) is 7.31. The molecule has 1 rings (SSSR count). The van der Waals surface area contributed by atoms with E-state index < -0.39 is 0 Å². The number of allylic oxidation sites excluding steroid dienone is 3. The van der Waals surface area contributed by atoms with E-state index in [1.807, 2.05) is 6.92 Å². The average Bonchev–Trinajstić information content (AvgIpc) is 2.73. The molecular formula is C14H23BrN2O2. The minimum Gasteiger partial charge on any atom is -0.383 e. The number of hydrogen-bond donors (Lipinski definition) is 1. The van der Waals surface area contributed by atoms with Crippen molar-refractivity contribution in [2.75, 3.05) is 20.3 Å². The smallest absolute Gasteiger partial charge is 0.157 e. The summed E-state index contributed by atoms with van der Waals surface area (Å²) >= 11 is 3.32. The lowest BCUT2D eigenvalue weighted by Gasteiger charge is -2.27. The molecular weight excluding hydrogens is 308 g/mol. The number of nitrogens with one attached hydrogen (secondary N) is 1. The summed E-state index contributed by atoms with van der Waals surface area (Å²) in [5.41, 5.74) is 5.02. The fourth-order valence-electron chi connectivity index (χ4n) is 2.34. The first kappa shape index (κ1) is 16.4. The number of carbonyl (C=O) groups is 1. The Hall–Kier alpha value is -0.650. The van der Waals surface area contributed by atoms with Crippen LogP contribution in [0, 0.1) is 0 Å². The van der Waals surface area contributed by atoms with E-state index in [0.717, 1.165) is 35.1 Å². The molecule has 0 spiro atoms. The van der Waals surface area contributed by atoms with Crippen LogP contribution in [0.25, 0.3) is 0 Å². The average molecular weight is 331 g/mol. The first-order valence-electron chi connectivity index (χ1n) is 6.52. The van der Waals surface area contributed by atoms with E-state index >= 15 is 0 Å². The molecule has 0 aromatic rings. The van der Waals surface area contributed by atoms with E-state index in [9.17, 15) is 4.79 Å². The highest BCUT2D eigenvalue weighted by Crippen LogP contribution is 2.20. The molecule has 0 aliphatic carbocycles. The second kappa shape index (κ2) is 7.82. The standard InChI is InChI=1S/C14H23BrN2O2/c1-10(15)8-14(12(3)18)11(2)16-17-7-5-6-13(17)9-19-4/h13,16H,1,5-9H2,2-4H3/b14-11+/t13-/m0/s1.